The Morgan fingerprint density at radius 3 is 2.67 bits per heavy atom. The number of carbonyl (C=O) groups is 1. The molecule has 24 heavy (non-hydrogen) atoms. The first-order chi connectivity index (χ1) is 11.4. The van der Waals surface area contributed by atoms with Crippen LogP contribution in [-0.2, 0) is 14.6 Å². The molecule has 1 aliphatic heterocycles. The molecule has 1 aromatic rings. The van der Waals surface area contributed by atoms with E-state index in [1.54, 1.807) is 0 Å². The number of piperidine rings is 1. The topological polar surface area (TPSA) is 89.7 Å². The van der Waals surface area contributed by atoms with Gasteiger partial charge >= 0.3 is 5.76 Å². The van der Waals surface area contributed by atoms with E-state index in [0.29, 0.717) is 39.1 Å². The molecular weight excluding hydrogens is 362 g/mol. The second-order valence-corrected chi connectivity index (χ2v) is 8.23. The lowest BCUT2D eigenvalue weighted by Crippen LogP contribution is -2.41. The Hall–Kier alpha value is -1.10. The molecule has 136 valence electrons. The van der Waals surface area contributed by atoms with Crippen LogP contribution in [0, 0.1) is 0 Å². The second-order valence-electron chi connectivity index (χ2n) is 5.42. The Labute approximate surface area is 143 Å². The summed E-state index contributed by atoms with van der Waals surface area (Å²) in [6, 6.07) is 1.06. The van der Waals surface area contributed by atoms with E-state index < -0.39 is 26.4 Å². The summed E-state index contributed by atoms with van der Waals surface area (Å²) in [6.07, 6.45) is 2.05. The minimum absolute atomic E-state index is 0.0354. The number of ether oxygens (including phenoxy) is 1. The van der Waals surface area contributed by atoms with Gasteiger partial charge in [0.2, 0.25) is 9.84 Å². The van der Waals surface area contributed by atoms with E-state index in [-0.39, 0.29) is 11.0 Å². The maximum Gasteiger partial charge on any atom is 0.341 e. The summed E-state index contributed by atoms with van der Waals surface area (Å²) < 4.78 is 54.4. The third-order valence-corrected chi connectivity index (χ3v) is 6.25. The molecule has 0 atom stereocenters. The van der Waals surface area contributed by atoms with Crippen LogP contribution in [-0.4, -0.2) is 57.3 Å². The molecule has 0 unspecified atom stereocenters. The van der Waals surface area contributed by atoms with Crippen molar-refractivity contribution in [2.75, 3.05) is 26.2 Å². The number of hydrogen-bond donors (Lipinski definition) is 1. The number of alkyl halides is 2. The molecule has 2 rings (SSSR count). The quantitative estimate of drug-likeness (QED) is 0.725. The van der Waals surface area contributed by atoms with Gasteiger partial charge in [-0.25, -0.2) is 8.42 Å². The summed E-state index contributed by atoms with van der Waals surface area (Å²) in [6.45, 7) is 1.92. The highest BCUT2D eigenvalue weighted by Gasteiger charge is 2.34. The maximum absolute atomic E-state index is 12.7. The third kappa shape index (κ3) is 4.29. The molecule has 2 heterocycles. The Bertz CT molecular complexity index is 655. The van der Waals surface area contributed by atoms with Gasteiger partial charge in [0.1, 0.15) is 4.88 Å². The SMILES string of the molecule is NCCCOC1CCN(C(=O)c2sccc2S(=O)(=O)C(F)F)CC1. The van der Waals surface area contributed by atoms with Crippen molar-refractivity contribution in [3.63, 3.8) is 0 Å². The van der Waals surface area contributed by atoms with Gasteiger partial charge in [0.15, 0.2) is 0 Å². The fraction of sp³-hybridized carbons (Fsp3) is 0.643. The van der Waals surface area contributed by atoms with Gasteiger partial charge in [-0.3, -0.25) is 4.79 Å². The lowest BCUT2D eigenvalue weighted by atomic mass is 10.1. The molecule has 1 fully saturated rings. The van der Waals surface area contributed by atoms with Gasteiger partial charge in [0.05, 0.1) is 11.0 Å². The van der Waals surface area contributed by atoms with Crippen molar-refractivity contribution in [3.05, 3.63) is 16.3 Å². The zero-order valence-corrected chi connectivity index (χ0v) is 14.6. The Morgan fingerprint density at radius 2 is 2.08 bits per heavy atom. The molecule has 10 heteroatoms. The van der Waals surface area contributed by atoms with Gasteiger partial charge < -0.3 is 15.4 Å². The number of thiophene rings is 1. The summed E-state index contributed by atoms with van der Waals surface area (Å²) in [7, 11) is -4.78. The summed E-state index contributed by atoms with van der Waals surface area (Å²) in [5, 5.41) is 1.34. The number of likely N-dealkylation sites (tertiary alicyclic amines) is 1. The first kappa shape index (κ1) is 19.2. The van der Waals surface area contributed by atoms with Crippen LogP contribution in [0.1, 0.15) is 28.9 Å². The number of nitrogens with two attached hydrogens (primary N) is 1. The lowest BCUT2D eigenvalue weighted by Gasteiger charge is -2.31. The molecule has 1 aromatic heterocycles. The third-order valence-electron chi connectivity index (χ3n) is 3.80. The van der Waals surface area contributed by atoms with E-state index in [4.69, 9.17) is 10.5 Å². The predicted molar refractivity (Wildman–Crippen MR) is 86.1 cm³/mol. The van der Waals surface area contributed by atoms with Crippen LogP contribution in [0.25, 0.3) is 0 Å². The standard InChI is InChI=1S/C14H20F2N2O4S2/c15-14(16)24(20,21)11-4-9-23-12(11)13(19)18-6-2-10(3-7-18)22-8-1-5-17/h4,9-10,14H,1-3,5-8,17H2. The zero-order valence-electron chi connectivity index (χ0n) is 13.0. The highest BCUT2D eigenvalue weighted by Crippen LogP contribution is 2.29. The highest BCUT2D eigenvalue weighted by molar-refractivity contribution is 7.92. The number of rotatable bonds is 7. The first-order valence-corrected chi connectivity index (χ1v) is 10.0. The van der Waals surface area contributed by atoms with Crippen molar-refractivity contribution in [2.45, 2.75) is 36.0 Å². The summed E-state index contributed by atoms with van der Waals surface area (Å²) in [5.74, 6) is -4.06. The fourth-order valence-electron chi connectivity index (χ4n) is 2.48. The molecule has 1 saturated heterocycles. The maximum atomic E-state index is 12.7. The zero-order chi connectivity index (χ0) is 17.7. The van der Waals surface area contributed by atoms with Crippen molar-refractivity contribution in [1.82, 2.24) is 4.90 Å². The number of halogens is 2. The molecule has 0 saturated carbocycles. The molecule has 0 aliphatic carbocycles. The fourth-order valence-corrected chi connectivity index (χ4v) is 4.60. The molecule has 6 nitrogen and oxygen atoms in total. The number of sulfone groups is 1. The van der Waals surface area contributed by atoms with Crippen LogP contribution in [0.3, 0.4) is 0 Å². The van der Waals surface area contributed by atoms with E-state index in [0.717, 1.165) is 23.8 Å². The van der Waals surface area contributed by atoms with Gasteiger partial charge in [-0.15, -0.1) is 11.3 Å². The number of hydrogen-bond acceptors (Lipinski definition) is 6. The van der Waals surface area contributed by atoms with Gasteiger partial charge in [-0.2, -0.15) is 8.78 Å². The highest BCUT2D eigenvalue weighted by atomic mass is 32.2. The number of amides is 1. The van der Waals surface area contributed by atoms with E-state index in [1.807, 2.05) is 0 Å². The molecule has 0 spiro atoms. The van der Waals surface area contributed by atoms with Crippen molar-refractivity contribution in [2.24, 2.45) is 5.73 Å². The van der Waals surface area contributed by atoms with Crippen molar-refractivity contribution < 1.29 is 26.7 Å². The molecule has 0 bridgehead atoms. The van der Waals surface area contributed by atoms with Crippen LogP contribution < -0.4 is 5.73 Å². The Morgan fingerprint density at radius 1 is 1.42 bits per heavy atom. The van der Waals surface area contributed by atoms with Gasteiger partial charge in [0, 0.05) is 19.7 Å². The smallest absolute Gasteiger partial charge is 0.341 e. The monoisotopic (exact) mass is 382 g/mol. The molecule has 1 aliphatic rings. The minimum Gasteiger partial charge on any atom is -0.378 e. The van der Waals surface area contributed by atoms with Crippen LogP contribution in [0.5, 0.6) is 0 Å². The van der Waals surface area contributed by atoms with E-state index in [1.165, 1.54) is 10.3 Å². The van der Waals surface area contributed by atoms with E-state index >= 15 is 0 Å². The van der Waals surface area contributed by atoms with Gasteiger partial charge in [0.25, 0.3) is 5.91 Å². The van der Waals surface area contributed by atoms with E-state index in [2.05, 4.69) is 0 Å². The van der Waals surface area contributed by atoms with Crippen LogP contribution in [0.15, 0.2) is 16.3 Å². The van der Waals surface area contributed by atoms with E-state index in [9.17, 15) is 22.0 Å². The molecule has 0 radical (unpaired) electrons. The molecule has 2 N–H and O–H groups in total. The first-order valence-electron chi connectivity index (χ1n) is 7.58. The average Bonchev–Trinajstić information content (AvgIpc) is 3.05. The normalized spacial score (nSPS) is 16.8. The predicted octanol–water partition coefficient (Wildman–Crippen LogP) is 1.71. The Balaban J connectivity index is 2.01. The minimum atomic E-state index is -4.78. The largest absolute Gasteiger partial charge is 0.378 e. The van der Waals surface area contributed by atoms with Crippen molar-refractivity contribution in [3.8, 4) is 0 Å². The second kappa shape index (κ2) is 8.32. The average molecular weight is 382 g/mol. The van der Waals surface area contributed by atoms with Gasteiger partial charge in [-0.1, -0.05) is 0 Å². The summed E-state index contributed by atoms with van der Waals surface area (Å²) >= 11 is 0.864. The summed E-state index contributed by atoms with van der Waals surface area (Å²) in [5.41, 5.74) is 5.40. The van der Waals surface area contributed by atoms with Crippen LogP contribution >= 0.6 is 11.3 Å². The molecule has 0 aromatic carbocycles. The van der Waals surface area contributed by atoms with Crippen LogP contribution in [0.2, 0.25) is 0 Å². The number of carbonyl (C=O) groups excluding carboxylic acids is 1. The van der Waals surface area contributed by atoms with Crippen molar-refractivity contribution in [1.29, 1.82) is 0 Å². The lowest BCUT2D eigenvalue weighted by molar-refractivity contribution is 0.00848. The van der Waals surface area contributed by atoms with Crippen LogP contribution in [0.4, 0.5) is 8.78 Å². The molecular formula is C14H20F2N2O4S2. The van der Waals surface area contributed by atoms with Gasteiger partial charge in [-0.05, 0) is 37.3 Å². The Kier molecular flexibility index (Phi) is 6.67. The summed E-state index contributed by atoms with van der Waals surface area (Å²) in [4.78, 5) is 13.2. The molecule has 1 amide bonds. The van der Waals surface area contributed by atoms with Crippen molar-refractivity contribution >= 4 is 27.1 Å². The number of nitrogens with zero attached hydrogens (tertiary/aromatic N) is 1.